The summed E-state index contributed by atoms with van der Waals surface area (Å²) >= 11 is 0. The van der Waals surface area contributed by atoms with Crippen LogP contribution in [0.5, 0.6) is 5.75 Å². The topological polar surface area (TPSA) is 92.8 Å². The maximum absolute atomic E-state index is 12.6. The third-order valence-electron chi connectivity index (χ3n) is 3.86. The number of carbonyl (C=O) groups is 2. The number of nitrogens with zero attached hydrogens (tertiary/aromatic N) is 1. The third-order valence-corrected chi connectivity index (χ3v) is 5.68. The van der Waals surface area contributed by atoms with E-state index < -0.39 is 22.5 Å². The molecule has 0 aromatic heterocycles. The van der Waals surface area contributed by atoms with Crippen LogP contribution < -0.4 is 10.1 Å². The highest BCUT2D eigenvalue weighted by atomic mass is 32.2. The molecule has 0 saturated carbocycles. The number of rotatable bonds is 6. The molecule has 0 heterocycles. The van der Waals surface area contributed by atoms with E-state index in [4.69, 9.17) is 4.74 Å². The van der Waals surface area contributed by atoms with Gasteiger partial charge in [0.05, 0.1) is 4.90 Å². The zero-order valence-electron chi connectivity index (χ0n) is 15.6. The number of sulfonamides is 1. The van der Waals surface area contributed by atoms with Crippen molar-refractivity contribution in [2.45, 2.75) is 25.7 Å². The Morgan fingerprint density at radius 1 is 1.04 bits per heavy atom. The van der Waals surface area contributed by atoms with E-state index in [0.717, 1.165) is 15.4 Å². The van der Waals surface area contributed by atoms with Crippen molar-refractivity contribution in [1.29, 1.82) is 0 Å². The molecule has 0 atom stereocenters. The van der Waals surface area contributed by atoms with Gasteiger partial charge in [-0.2, -0.15) is 4.31 Å². The summed E-state index contributed by atoms with van der Waals surface area (Å²) in [6, 6.07) is 11.2. The molecule has 2 aromatic rings. The summed E-state index contributed by atoms with van der Waals surface area (Å²) < 4.78 is 31.5. The highest BCUT2D eigenvalue weighted by Crippen LogP contribution is 2.23. The second kappa shape index (κ2) is 8.32. The van der Waals surface area contributed by atoms with Crippen LogP contribution in [-0.4, -0.2) is 38.2 Å². The summed E-state index contributed by atoms with van der Waals surface area (Å²) in [7, 11) is -2.56. The van der Waals surface area contributed by atoms with Crippen molar-refractivity contribution in [1.82, 2.24) is 4.31 Å². The number of hydrogen-bond acceptors (Lipinski definition) is 5. The number of carbonyl (C=O) groups excluding carboxylic acids is 2. The SMILES string of the molecule is CC(=O)Nc1ccc(S(=O)(=O)N(C)CC(=O)Oc2c(C)cccc2C)cc1. The number of ether oxygens (including phenoxy) is 1. The van der Waals surface area contributed by atoms with Crippen molar-refractivity contribution in [2.24, 2.45) is 0 Å². The smallest absolute Gasteiger partial charge is 0.326 e. The van der Waals surface area contributed by atoms with Crippen molar-refractivity contribution < 1.29 is 22.7 Å². The molecule has 0 aliphatic rings. The van der Waals surface area contributed by atoms with Crippen LogP contribution in [0.2, 0.25) is 0 Å². The van der Waals surface area contributed by atoms with Gasteiger partial charge in [-0.15, -0.1) is 0 Å². The predicted octanol–water partition coefficient (Wildman–Crippen LogP) is 2.49. The lowest BCUT2D eigenvalue weighted by Crippen LogP contribution is -2.34. The van der Waals surface area contributed by atoms with Gasteiger partial charge < -0.3 is 10.1 Å². The second-order valence-electron chi connectivity index (χ2n) is 6.16. The molecule has 0 aliphatic carbocycles. The van der Waals surface area contributed by atoms with Crippen LogP contribution in [0.1, 0.15) is 18.1 Å². The fraction of sp³-hybridized carbons (Fsp3) is 0.263. The number of amides is 1. The molecular weight excluding hydrogens is 368 g/mol. The first-order valence-corrected chi connectivity index (χ1v) is 9.66. The largest absolute Gasteiger partial charge is 0.425 e. The molecule has 0 saturated heterocycles. The number of anilines is 1. The van der Waals surface area contributed by atoms with Gasteiger partial charge in [0.15, 0.2) is 0 Å². The van der Waals surface area contributed by atoms with Crippen molar-refractivity contribution in [3.63, 3.8) is 0 Å². The normalized spacial score (nSPS) is 11.3. The molecule has 0 radical (unpaired) electrons. The van der Waals surface area contributed by atoms with Gasteiger partial charge in [-0.3, -0.25) is 9.59 Å². The van der Waals surface area contributed by atoms with Gasteiger partial charge >= 0.3 is 5.97 Å². The molecule has 2 aromatic carbocycles. The lowest BCUT2D eigenvalue weighted by Gasteiger charge is -2.17. The Balaban J connectivity index is 2.10. The van der Waals surface area contributed by atoms with E-state index in [1.807, 2.05) is 32.0 Å². The standard InChI is InChI=1S/C19H22N2O5S/c1-13-6-5-7-14(2)19(13)26-18(23)12-21(4)27(24,25)17-10-8-16(9-11-17)20-15(3)22/h5-11H,12H2,1-4H3,(H,20,22). The summed E-state index contributed by atoms with van der Waals surface area (Å²) in [4.78, 5) is 23.3. The van der Waals surface area contributed by atoms with Crippen LogP contribution in [0.3, 0.4) is 0 Å². The molecule has 27 heavy (non-hydrogen) atoms. The van der Waals surface area contributed by atoms with E-state index in [0.29, 0.717) is 11.4 Å². The van der Waals surface area contributed by atoms with E-state index in [9.17, 15) is 18.0 Å². The summed E-state index contributed by atoms with van der Waals surface area (Å²) in [5.74, 6) is -0.488. The van der Waals surface area contributed by atoms with Gasteiger partial charge in [-0.1, -0.05) is 18.2 Å². The minimum Gasteiger partial charge on any atom is -0.425 e. The van der Waals surface area contributed by atoms with Crippen molar-refractivity contribution in [2.75, 3.05) is 18.9 Å². The monoisotopic (exact) mass is 390 g/mol. The number of benzene rings is 2. The first-order chi connectivity index (χ1) is 12.6. The zero-order valence-corrected chi connectivity index (χ0v) is 16.5. The van der Waals surface area contributed by atoms with E-state index in [1.54, 1.807) is 0 Å². The third kappa shape index (κ3) is 5.15. The van der Waals surface area contributed by atoms with Crippen molar-refractivity contribution in [3.8, 4) is 5.75 Å². The summed E-state index contributed by atoms with van der Waals surface area (Å²) in [5.41, 5.74) is 2.07. The van der Waals surface area contributed by atoms with Gasteiger partial charge in [0, 0.05) is 19.7 Å². The molecule has 0 aliphatic heterocycles. The first-order valence-electron chi connectivity index (χ1n) is 8.22. The summed E-state index contributed by atoms with van der Waals surface area (Å²) in [5, 5.41) is 2.56. The lowest BCUT2D eigenvalue weighted by atomic mass is 10.1. The molecule has 1 N–H and O–H groups in total. The Kier molecular flexibility index (Phi) is 6.35. The maximum atomic E-state index is 12.6. The number of esters is 1. The molecule has 0 spiro atoms. The minimum atomic E-state index is -3.87. The minimum absolute atomic E-state index is 0.0129. The molecule has 7 nitrogen and oxygen atoms in total. The number of aryl methyl sites for hydroxylation is 2. The average molecular weight is 390 g/mol. The van der Waals surface area contributed by atoms with Crippen LogP contribution in [0.25, 0.3) is 0 Å². The number of likely N-dealkylation sites (N-methyl/N-ethyl adjacent to an activating group) is 1. The lowest BCUT2D eigenvalue weighted by molar-refractivity contribution is -0.134. The van der Waals surface area contributed by atoms with E-state index in [-0.39, 0.29) is 10.8 Å². The maximum Gasteiger partial charge on any atom is 0.326 e. The number of para-hydroxylation sites is 1. The molecule has 0 unspecified atom stereocenters. The van der Waals surface area contributed by atoms with E-state index in [1.165, 1.54) is 38.2 Å². The Morgan fingerprint density at radius 3 is 2.11 bits per heavy atom. The van der Waals surface area contributed by atoms with Gasteiger partial charge in [-0.25, -0.2) is 8.42 Å². The molecule has 0 fully saturated rings. The number of nitrogens with one attached hydrogen (secondary N) is 1. The molecule has 8 heteroatoms. The quantitative estimate of drug-likeness (QED) is 0.604. The highest BCUT2D eigenvalue weighted by molar-refractivity contribution is 7.89. The Morgan fingerprint density at radius 2 is 1.59 bits per heavy atom. The molecule has 1 amide bonds. The first kappa shape index (κ1) is 20.6. The number of hydrogen-bond donors (Lipinski definition) is 1. The van der Waals surface area contributed by atoms with Crippen LogP contribution in [0, 0.1) is 13.8 Å². The predicted molar refractivity (Wildman–Crippen MR) is 102 cm³/mol. The second-order valence-corrected chi connectivity index (χ2v) is 8.21. The van der Waals surface area contributed by atoms with Gasteiger partial charge in [0.2, 0.25) is 15.9 Å². The molecule has 144 valence electrons. The fourth-order valence-corrected chi connectivity index (χ4v) is 3.58. The highest BCUT2D eigenvalue weighted by Gasteiger charge is 2.24. The molecule has 2 rings (SSSR count). The Bertz CT molecular complexity index is 932. The molecular formula is C19H22N2O5S. The fourth-order valence-electron chi connectivity index (χ4n) is 2.47. The van der Waals surface area contributed by atoms with Gasteiger partial charge in [0.1, 0.15) is 12.3 Å². The van der Waals surface area contributed by atoms with Crippen LogP contribution in [0.15, 0.2) is 47.4 Å². The van der Waals surface area contributed by atoms with Crippen LogP contribution in [0.4, 0.5) is 5.69 Å². The van der Waals surface area contributed by atoms with E-state index in [2.05, 4.69) is 5.32 Å². The average Bonchev–Trinajstić information content (AvgIpc) is 2.58. The Labute approximate surface area is 159 Å². The van der Waals surface area contributed by atoms with Crippen LogP contribution in [-0.2, 0) is 19.6 Å². The summed E-state index contributed by atoms with van der Waals surface area (Å²) in [6.45, 7) is 4.56. The van der Waals surface area contributed by atoms with Gasteiger partial charge in [-0.05, 0) is 49.2 Å². The van der Waals surface area contributed by atoms with Crippen LogP contribution >= 0.6 is 0 Å². The zero-order chi connectivity index (χ0) is 20.2. The van der Waals surface area contributed by atoms with E-state index >= 15 is 0 Å². The van der Waals surface area contributed by atoms with Crippen molar-refractivity contribution in [3.05, 3.63) is 53.6 Å². The Hall–Kier alpha value is -2.71. The van der Waals surface area contributed by atoms with Gasteiger partial charge in [0.25, 0.3) is 0 Å². The molecule has 0 bridgehead atoms. The van der Waals surface area contributed by atoms with Crippen molar-refractivity contribution >= 4 is 27.6 Å². The summed E-state index contributed by atoms with van der Waals surface area (Å²) in [6.07, 6.45) is 0.